The lowest BCUT2D eigenvalue weighted by Crippen LogP contribution is -2.46. The molecule has 0 spiro atoms. The summed E-state index contributed by atoms with van der Waals surface area (Å²) in [6.45, 7) is 2.81. The molecular weight excluding hydrogens is 454 g/mol. The molecule has 0 amide bonds. The molecule has 174 valence electrons. The summed E-state index contributed by atoms with van der Waals surface area (Å²) in [7, 11) is 0. The number of carbonyl (C=O) groups excluding carboxylic acids is 1. The van der Waals surface area contributed by atoms with E-state index >= 15 is 0 Å². The molecule has 8 heteroatoms. The van der Waals surface area contributed by atoms with Gasteiger partial charge in [0.05, 0.1) is 11.1 Å². The Labute approximate surface area is 202 Å². The van der Waals surface area contributed by atoms with E-state index in [9.17, 15) is 14.7 Å². The van der Waals surface area contributed by atoms with Gasteiger partial charge in [0.1, 0.15) is 11.5 Å². The summed E-state index contributed by atoms with van der Waals surface area (Å²) in [5, 5.41) is 10.7. The number of fused-ring (bicyclic) bond motifs is 5. The number of Topliss-reactive ketones (excluding diaryl/α,β-unsaturated/α-hetero) is 1. The number of piperidine rings is 1. The quantitative estimate of drug-likeness (QED) is 0.580. The van der Waals surface area contributed by atoms with E-state index in [1.54, 1.807) is 42.7 Å². The van der Waals surface area contributed by atoms with Crippen molar-refractivity contribution in [2.75, 3.05) is 13.1 Å². The fraction of sp³-hybridized carbons (Fsp3) is 0.269. The van der Waals surface area contributed by atoms with Crippen LogP contribution >= 0.6 is 12.4 Å². The minimum absolute atomic E-state index is 0. The SMILES string of the molecule is Cl.O=C1/C(=C/c2cccnc2)Oc2c1ccc(O)c2CN1CC2CC(C1)c1cccc(=O)n1C2. The lowest BCUT2D eigenvalue weighted by Gasteiger charge is -2.42. The van der Waals surface area contributed by atoms with Crippen LogP contribution in [0.2, 0.25) is 0 Å². The smallest absolute Gasteiger partial charge is 0.250 e. The second-order valence-corrected chi connectivity index (χ2v) is 9.06. The highest BCUT2D eigenvalue weighted by Crippen LogP contribution is 2.42. The number of ketones is 1. The third-order valence-electron chi connectivity index (χ3n) is 6.84. The molecule has 2 aromatic heterocycles. The van der Waals surface area contributed by atoms with E-state index in [1.807, 2.05) is 22.8 Å². The van der Waals surface area contributed by atoms with Crippen LogP contribution in [0.15, 0.2) is 65.4 Å². The van der Waals surface area contributed by atoms with Gasteiger partial charge in [0.15, 0.2) is 5.76 Å². The first-order chi connectivity index (χ1) is 16.1. The number of hydrogen-bond donors (Lipinski definition) is 1. The van der Waals surface area contributed by atoms with Crippen molar-refractivity contribution in [1.29, 1.82) is 0 Å². The molecule has 2 atom stereocenters. The average molecular weight is 478 g/mol. The number of aromatic hydroxyl groups is 1. The molecule has 0 aliphatic carbocycles. The van der Waals surface area contributed by atoms with Crippen LogP contribution in [0.1, 0.15) is 39.5 Å². The number of phenolic OH excluding ortho intramolecular Hbond substituents is 1. The molecule has 3 aromatic rings. The number of phenols is 1. The van der Waals surface area contributed by atoms with Crippen molar-refractivity contribution in [3.8, 4) is 11.5 Å². The maximum atomic E-state index is 12.9. The molecule has 1 aromatic carbocycles. The van der Waals surface area contributed by atoms with E-state index in [0.717, 1.165) is 30.8 Å². The van der Waals surface area contributed by atoms with E-state index < -0.39 is 0 Å². The number of aromatic nitrogens is 2. The number of allylic oxidation sites excluding steroid dienone is 1. The molecule has 7 nitrogen and oxygen atoms in total. The van der Waals surface area contributed by atoms with Gasteiger partial charge in [-0.25, -0.2) is 0 Å². The van der Waals surface area contributed by atoms with Crippen molar-refractivity contribution in [2.24, 2.45) is 5.92 Å². The summed E-state index contributed by atoms with van der Waals surface area (Å²) in [5.74, 6) is 1.24. The first-order valence-electron chi connectivity index (χ1n) is 11.2. The Hall–Kier alpha value is -3.42. The Kier molecular flexibility index (Phi) is 5.75. The van der Waals surface area contributed by atoms with Crippen molar-refractivity contribution < 1.29 is 14.6 Å². The number of pyridine rings is 2. The molecule has 0 radical (unpaired) electrons. The number of benzene rings is 1. The maximum Gasteiger partial charge on any atom is 0.250 e. The largest absolute Gasteiger partial charge is 0.507 e. The Morgan fingerprint density at radius 2 is 1.97 bits per heavy atom. The second-order valence-electron chi connectivity index (χ2n) is 9.06. The van der Waals surface area contributed by atoms with Crippen LogP contribution in [0.3, 0.4) is 0 Å². The third-order valence-corrected chi connectivity index (χ3v) is 6.84. The fourth-order valence-corrected chi connectivity index (χ4v) is 5.41. The van der Waals surface area contributed by atoms with Crippen LogP contribution in [0, 0.1) is 5.92 Å². The van der Waals surface area contributed by atoms with Gasteiger partial charge in [-0.3, -0.25) is 19.5 Å². The summed E-state index contributed by atoms with van der Waals surface area (Å²) in [5.41, 5.74) is 3.01. The zero-order valence-corrected chi connectivity index (χ0v) is 19.2. The van der Waals surface area contributed by atoms with Crippen LogP contribution in [-0.2, 0) is 13.1 Å². The molecule has 1 N–H and O–H groups in total. The van der Waals surface area contributed by atoms with Gasteiger partial charge in [-0.2, -0.15) is 0 Å². The third kappa shape index (κ3) is 3.81. The number of rotatable bonds is 3. The Bertz CT molecular complexity index is 1350. The van der Waals surface area contributed by atoms with Crippen molar-refractivity contribution in [2.45, 2.75) is 25.4 Å². The van der Waals surface area contributed by atoms with E-state index in [-0.39, 0.29) is 41.2 Å². The van der Waals surface area contributed by atoms with E-state index in [2.05, 4.69) is 9.88 Å². The first-order valence-corrected chi connectivity index (χ1v) is 11.2. The molecule has 2 bridgehead atoms. The Morgan fingerprint density at radius 1 is 1.09 bits per heavy atom. The summed E-state index contributed by atoms with van der Waals surface area (Å²) in [6.07, 6.45) is 6.08. The van der Waals surface area contributed by atoms with E-state index in [4.69, 9.17) is 4.74 Å². The van der Waals surface area contributed by atoms with Crippen molar-refractivity contribution in [3.05, 3.63) is 93.4 Å². The number of likely N-dealkylation sites (tertiary alicyclic amines) is 1. The summed E-state index contributed by atoms with van der Waals surface area (Å²) >= 11 is 0. The number of halogens is 1. The Balaban J connectivity index is 0.00000241. The van der Waals surface area contributed by atoms with Gasteiger partial charge in [0.2, 0.25) is 5.78 Å². The van der Waals surface area contributed by atoms with Gasteiger partial charge in [-0.1, -0.05) is 12.1 Å². The minimum atomic E-state index is -0.195. The number of hydrogen-bond acceptors (Lipinski definition) is 6. The standard InChI is InChI=1S/C26H23N3O4.ClH/c30-22-7-6-19-25(32)23(10-16-3-2-8-27-11-16)33-26(19)20(22)15-28-12-17-9-18(14-28)21-4-1-5-24(31)29(21)13-17;/h1-8,10-11,17-18,30H,9,12-15H2;1H/b23-10-;. The Morgan fingerprint density at radius 3 is 2.79 bits per heavy atom. The van der Waals surface area contributed by atoms with E-state index in [0.29, 0.717) is 35.9 Å². The van der Waals surface area contributed by atoms with Crippen LogP contribution < -0.4 is 10.3 Å². The molecule has 5 heterocycles. The van der Waals surface area contributed by atoms with Crippen molar-refractivity contribution in [1.82, 2.24) is 14.5 Å². The first kappa shape index (κ1) is 22.4. The predicted octanol–water partition coefficient (Wildman–Crippen LogP) is 3.61. The topological polar surface area (TPSA) is 84.7 Å². The lowest BCUT2D eigenvalue weighted by atomic mass is 9.83. The van der Waals surface area contributed by atoms with Crippen LogP contribution in [0.4, 0.5) is 0 Å². The molecule has 3 aliphatic rings. The van der Waals surface area contributed by atoms with Gasteiger partial charge in [-0.15, -0.1) is 12.4 Å². The van der Waals surface area contributed by atoms with Crippen molar-refractivity contribution in [3.63, 3.8) is 0 Å². The van der Waals surface area contributed by atoms with E-state index in [1.165, 1.54) is 0 Å². The van der Waals surface area contributed by atoms with Gasteiger partial charge in [0, 0.05) is 56.3 Å². The van der Waals surface area contributed by atoms with Gasteiger partial charge >= 0.3 is 0 Å². The normalized spacial score (nSPS) is 22.0. The average Bonchev–Trinajstić information content (AvgIpc) is 3.12. The highest BCUT2D eigenvalue weighted by Gasteiger charge is 2.36. The predicted molar refractivity (Wildman–Crippen MR) is 129 cm³/mol. The fourth-order valence-electron chi connectivity index (χ4n) is 5.41. The molecule has 3 aliphatic heterocycles. The van der Waals surface area contributed by atoms with Crippen LogP contribution in [-0.4, -0.2) is 38.4 Å². The summed E-state index contributed by atoms with van der Waals surface area (Å²) in [4.78, 5) is 31.6. The maximum absolute atomic E-state index is 12.9. The molecule has 1 saturated heterocycles. The molecule has 6 rings (SSSR count). The number of ether oxygens (including phenoxy) is 1. The van der Waals surface area contributed by atoms with Gasteiger partial charge in [0.25, 0.3) is 5.56 Å². The lowest BCUT2D eigenvalue weighted by molar-refractivity contribution is 0.101. The number of carbonyl (C=O) groups is 1. The van der Waals surface area contributed by atoms with Crippen LogP contribution in [0.25, 0.3) is 6.08 Å². The minimum Gasteiger partial charge on any atom is -0.507 e. The monoisotopic (exact) mass is 477 g/mol. The molecule has 2 unspecified atom stereocenters. The molecular formula is C26H24ClN3O4. The highest BCUT2D eigenvalue weighted by atomic mass is 35.5. The van der Waals surface area contributed by atoms with Crippen LogP contribution in [0.5, 0.6) is 11.5 Å². The summed E-state index contributed by atoms with van der Waals surface area (Å²) in [6, 6.07) is 12.3. The van der Waals surface area contributed by atoms with Gasteiger partial charge in [-0.05, 0) is 48.2 Å². The molecule has 1 fully saturated rings. The van der Waals surface area contributed by atoms with Crippen molar-refractivity contribution >= 4 is 24.3 Å². The van der Waals surface area contributed by atoms with Gasteiger partial charge < -0.3 is 14.4 Å². The summed E-state index contributed by atoms with van der Waals surface area (Å²) < 4.78 is 7.90. The zero-order chi connectivity index (χ0) is 22.5. The molecule has 0 saturated carbocycles. The highest BCUT2D eigenvalue weighted by molar-refractivity contribution is 6.14. The number of nitrogens with zero attached hydrogens (tertiary/aromatic N) is 3. The zero-order valence-electron chi connectivity index (χ0n) is 18.4. The molecule has 34 heavy (non-hydrogen) atoms. The second kappa shape index (κ2) is 8.74.